The van der Waals surface area contributed by atoms with Gasteiger partial charge >= 0.3 is 6.09 Å². The predicted molar refractivity (Wildman–Crippen MR) is 68.2 cm³/mol. The summed E-state index contributed by atoms with van der Waals surface area (Å²) in [6.45, 7) is 1.49. The Hall–Kier alpha value is -0.750. The number of rotatable bonds is 3. The van der Waals surface area contributed by atoms with Gasteiger partial charge in [0, 0.05) is 18.4 Å². The zero-order valence-electron chi connectivity index (χ0n) is 10.3. The van der Waals surface area contributed by atoms with Crippen LogP contribution in [0.3, 0.4) is 0 Å². The smallest absolute Gasteiger partial charge is 0.408 e. The molecule has 2 rings (SSSR count). The highest BCUT2D eigenvalue weighted by molar-refractivity contribution is 6.50. The Morgan fingerprint density at radius 3 is 2.58 bits per heavy atom. The third kappa shape index (κ3) is 3.05. The number of carboxylic acid groups (broad SMARTS) is 1. The summed E-state index contributed by atoms with van der Waals surface area (Å²) in [6.07, 6.45) is -2.12. The summed E-state index contributed by atoms with van der Waals surface area (Å²) in [4.78, 5) is 23.8. The molecule has 0 aromatic carbocycles. The largest absolute Gasteiger partial charge is 0.465 e. The minimum Gasteiger partial charge on any atom is -0.465 e. The first-order chi connectivity index (χ1) is 8.72. The van der Waals surface area contributed by atoms with Crippen molar-refractivity contribution in [3.8, 4) is 0 Å². The number of alkyl halides is 3. The fourth-order valence-electron chi connectivity index (χ4n) is 2.44. The van der Waals surface area contributed by atoms with Crippen LogP contribution in [0.25, 0.3) is 0 Å². The molecule has 0 spiro atoms. The molecule has 5 nitrogen and oxygen atoms in total. The van der Waals surface area contributed by atoms with Crippen LogP contribution in [0.4, 0.5) is 9.18 Å². The van der Waals surface area contributed by atoms with Gasteiger partial charge in [0.15, 0.2) is 0 Å². The molecule has 1 heterocycles. The maximum atomic E-state index is 13.2. The average molecular weight is 313 g/mol. The van der Waals surface area contributed by atoms with Crippen LogP contribution < -0.4 is 5.32 Å². The molecule has 0 aromatic heterocycles. The highest BCUT2D eigenvalue weighted by atomic mass is 35.5. The van der Waals surface area contributed by atoms with E-state index < -0.39 is 28.5 Å². The second kappa shape index (κ2) is 4.98. The van der Waals surface area contributed by atoms with Gasteiger partial charge in [-0.1, -0.05) is 0 Å². The van der Waals surface area contributed by atoms with Gasteiger partial charge in [-0.05, 0) is 13.3 Å². The fourth-order valence-corrected chi connectivity index (χ4v) is 3.15. The third-order valence-corrected chi connectivity index (χ3v) is 4.52. The van der Waals surface area contributed by atoms with Crippen molar-refractivity contribution in [1.82, 2.24) is 10.2 Å². The van der Waals surface area contributed by atoms with Crippen LogP contribution in [0.15, 0.2) is 0 Å². The van der Waals surface area contributed by atoms with Gasteiger partial charge < -0.3 is 10.4 Å². The van der Waals surface area contributed by atoms with Crippen molar-refractivity contribution in [2.45, 2.75) is 42.4 Å². The number of likely N-dealkylation sites (tertiary alicyclic amines) is 1. The maximum Gasteiger partial charge on any atom is 0.408 e. The lowest BCUT2D eigenvalue weighted by Crippen LogP contribution is -2.48. The van der Waals surface area contributed by atoms with E-state index in [-0.39, 0.29) is 24.9 Å². The van der Waals surface area contributed by atoms with Crippen molar-refractivity contribution in [3.05, 3.63) is 0 Å². The molecule has 4 atom stereocenters. The van der Waals surface area contributed by atoms with Crippen LogP contribution in [0.2, 0.25) is 0 Å². The highest BCUT2D eigenvalue weighted by Gasteiger charge is 2.55. The first-order valence-corrected chi connectivity index (χ1v) is 6.80. The summed E-state index contributed by atoms with van der Waals surface area (Å²) in [5.41, 5.74) is 0. The molecule has 108 valence electrons. The van der Waals surface area contributed by atoms with Gasteiger partial charge in [0.2, 0.25) is 5.91 Å². The predicted octanol–water partition coefficient (Wildman–Crippen LogP) is 1.78. The van der Waals surface area contributed by atoms with Crippen molar-refractivity contribution in [2.24, 2.45) is 5.92 Å². The van der Waals surface area contributed by atoms with Crippen molar-refractivity contribution in [2.75, 3.05) is 6.54 Å². The molecular formula is C11H15Cl2FN2O3. The summed E-state index contributed by atoms with van der Waals surface area (Å²) >= 11 is 11.8. The maximum absolute atomic E-state index is 13.2. The first kappa shape index (κ1) is 14.7. The van der Waals surface area contributed by atoms with Gasteiger partial charge in [0.1, 0.15) is 16.5 Å². The van der Waals surface area contributed by atoms with E-state index >= 15 is 0 Å². The van der Waals surface area contributed by atoms with E-state index in [1.807, 2.05) is 0 Å². The number of nitrogens with one attached hydrogen (secondary N) is 1. The zero-order valence-corrected chi connectivity index (χ0v) is 11.8. The van der Waals surface area contributed by atoms with Gasteiger partial charge in [0.25, 0.3) is 0 Å². The standard InChI is InChI=1S/C11H15Cl2FN2O3/c1-5(7-3-11(7,12)13)15-9(17)8-2-6(14)4-16(8)10(18)19/h5-8H,2-4H2,1H3,(H,15,17)(H,18,19)/t5-,6-,7-,8+/m1/s1. The minimum absolute atomic E-state index is 0.0550. The molecule has 1 aliphatic carbocycles. The Morgan fingerprint density at radius 1 is 1.53 bits per heavy atom. The van der Waals surface area contributed by atoms with Crippen LogP contribution in [-0.2, 0) is 4.79 Å². The van der Waals surface area contributed by atoms with E-state index in [1.54, 1.807) is 6.92 Å². The summed E-state index contributed by atoms with van der Waals surface area (Å²) in [5, 5.41) is 11.6. The molecule has 2 aliphatic rings. The molecule has 2 N–H and O–H groups in total. The Labute approximate surface area is 120 Å². The van der Waals surface area contributed by atoms with E-state index in [0.717, 1.165) is 4.90 Å². The number of halogens is 3. The highest BCUT2D eigenvalue weighted by Crippen LogP contribution is 2.54. The summed E-state index contributed by atoms with van der Waals surface area (Å²) in [7, 11) is 0. The molecule has 0 unspecified atom stereocenters. The molecule has 19 heavy (non-hydrogen) atoms. The van der Waals surface area contributed by atoms with Crippen molar-refractivity contribution >= 4 is 35.2 Å². The van der Waals surface area contributed by atoms with Gasteiger partial charge in [-0.2, -0.15) is 0 Å². The van der Waals surface area contributed by atoms with Crippen molar-refractivity contribution in [3.63, 3.8) is 0 Å². The quantitative estimate of drug-likeness (QED) is 0.780. The number of nitrogens with zero attached hydrogens (tertiary/aromatic N) is 1. The number of hydrogen-bond donors (Lipinski definition) is 2. The molecule has 0 radical (unpaired) electrons. The van der Waals surface area contributed by atoms with Gasteiger partial charge in [0.05, 0.1) is 6.54 Å². The van der Waals surface area contributed by atoms with Crippen molar-refractivity contribution < 1.29 is 19.1 Å². The van der Waals surface area contributed by atoms with Crippen LogP contribution >= 0.6 is 23.2 Å². The van der Waals surface area contributed by atoms with Gasteiger partial charge in [-0.3, -0.25) is 9.69 Å². The normalized spacial score (nSPS) is 33.9. The summed E-state index contributed by atoms with van der Waals surface area (Å²) in [5.74, 6) is -0.549. The van der Waals surface area contributed by atoms with E-state index in [4.69, 9.17) is 28.3 Å². The van der Waals surface area contributed by atoms with E-state index in [0.29, 0.717) is 6.42 Å². The summed E-state index contributed by atoms with van der Waals surface area (Å²) in [6, 6.07) is -1.24. The van der Waals surface area contributed by atoms with Crippen LogP contribution in [0.1, 0.15) is 19.8 Å². The minimum atomic E-state index is -1.30. The monoisotopic (exact) mass is 312 g/mol. The van der Waals surface area contributed by atoms with Crippen molar-refractivity contribution in [1.29, 1.82) is 0 Å². The van der Waals surface area contributed by atoms with Crippen LogP contribution in [-0.4, -0.2) is 51.1 Å². The van der Waals surface area contributed by atoms with Crippen LogP contribution in [0.5, 0.6) is 0 Å². The molecule has 1 saturated carbocycles. The molecular weight excluding hydrogens is 298 g/mol. The Kier molecular flexibility index (Phi) is 3.84. The number of amides is 2. The number of carbonyl (C=O) groups excluding carboxylic acids is 1. The molecule has 2 fully saturated rings. The number of carbonyl (C=O) groups is 2. The first-order valence-electron chi connectivity index (χ1n) is 6.04. The fraction of sp³-hybridized carbons (Fsp3) is 0.818. The van der Waals surface area contributed by atoms with E-state index in [2.05, 4.69) is 5.32 Å². The SMILES string of the molecule is C[C@@H](NC(=O)[C@@H]1C[C@@H](F)CN1C(=O)O)[C@H]1CC1(Cl)Cl. The molecule has 0 aromatic rings. The average Bonchev–Trinajstić information content (AvgIpc) is 2.74. The zero-order chi connectivity index (χ0) is 14.4. The Balaban J connectivity index is 1.94. The summed E-state index contributed by atoms with van der Waals surface area (Å²) < 4.78 is 12.4. The molecule has 8 heteroatoms. The molecule has 0 bridgehead atoms. The lowest BCUT2D eigenvalue weighted by Gasteiger charge is -2.22. The van der Waals surface area contributed by atoms with Gasteiger partial charge in [-0.25, -0.2) is 9.18 Å². The second-order valence-corrected chi connectivity index (χ2v) is 6.70. The molecule has 2 amide bonds. The Morgan fingerprint density at radius 2 is 2.11 bits per heavy atom. The number of hydrogen-bond acceptors (Lipinski definition) is 2. The lowest BCUT2D eigenvalue weighted by molar-refractivity contribution is -0.125. The lowest BCUT2D eigenvalue weighted by atomic mass is 10.1. The Bertz CT molecular complexity index is 407. The molecule has 1 saturated heterocycles. The van der Waals surface area contributed by atoms with E-state index in [1.165, 1.54) is 0 Å². The third-order valence-electron chi connectivity index (χ3n) is 3.65. The van der Waals surface area contributed by atoms with E-state index in [9.17, 15) is 14.0 Å². The molecule has 1 aliphatic heterocycles. The topological polar surface area (TPSA) is 69.6 Å². The van der Waals surface area contributed by atoms with Gasteiger partial charge in [-0.15, -0.1) is 23.2 Å². The second-order valence-electron chi connectivity index (χ2n) is 5.15. The van der Waals surface area contributed by atoms with Crippen LogP contribution in [0, 0.1) is 5.92 Å².